The number of unbranched alkanes of at least 4 members (excludes halogenated alkanes) is 3. The van der Waals surface area contributed by atoms with Gasteiger partial charge in [0.2, 0.25) is 11.9 Å². The molecule has 3 rings (SSSR count). The summed E-state index contributed by atoms with van der Waals surface area (Å²) in [4.78, 5) is 76.5. The van der Waals surface area contributed by atoms with E-state index in [0.29, 0.717) is 43.7 Å². The molecule has 14 heteroatoms. The first kappa shape index (κ1) is 34.8. The van der Waals surface area contributed by atoms with Gasteiger partial charge in [-0.2, -0.15) is 4.98 Å². The van der Waals surface area contributed by atoms with Crippen LogP contribution >= 0.6 is 0 Å². The fourth-order valence-electron chi connectivity index (χ4n) is 4.56. The number of nitrogens with zero attached hydrogens (tertiary/aromatic N) is 3. The standard InChI is InChI=1S/C31H43N9O5/c1-19(28(43)37-20(2)25(42)9-5-3-4-6-14-32)16-24(41)8-7-15-34-29(44)21-10-12-22(13-11-21)35-17-23-18-36-27-26(38-23)30(45)40-31(33)39-27/h10-13,18-20,35H,3-9,14-17,32H2,1-2H3,(H,34,44)(H,37,43)(H3,33,36,39,40,45)/t19-,20+/m1/s1. The van der Waals surface area contributed by atoms with E-state index in [1.54, 1.807) is 38.1 Å². The monoisotopic (exact) mass is 621 g/mol. The molecule has 8 N–H and O–H groups in total. The van der Waals surface area contributed by atoms with Crippen LogP contribution in [0.1, 0.15) is 81.3 Å². The number of carbonyl (C=O) groups excluding carboxylic acids is 4. The third-order valence-corrected chi connectivity index (χ3v) is 7.23. The molecule has 0 aliphatic rings. The number of nitrogens with one attached hydrogen (secondary N) is 4. The number of fused-ring (bicyclic) bond motifs is 1. The van der Waals surface area contributed by atoms with Crippen LogP contribution in [0.4, 0.5) is 11.6 Å². The number of rotatable bonds is 19. The van der Waals surface area contributed by atoms with Gasteiger partial charge in [0.25, 0.3) is 11.5 Å². The Labute approximate surface area is 261 Å². The van der Waals surface area contributed by atoms with Gasteiger partial charge in [-0.3, -0.25) is 29.0 Å². The number of carbonyl (C=O) groups is 4. The van der Waals surface area contributed by atoms with E-state index in [2.05, 4.69) is 35.9 Å². The zero-order valence-electron chi connectivity index (χ0n) is 25.9. The topological polar surface area (TPSA) is 228 Å². The second-order valence-corrected chi connectivity index (χ2v) is 11.1. The second-order valence-electron chi connectivity index (χ2n) is 11.1. The van der Waals surface area contributed by atoms with Crippen molar-refractivity contribution in [1.82, 2.24) is 30.6 Å². The molecule has 1 aromatic carbocycles. The van der Waals surface area contributed by atoms with E-state index < -0.39 is 17.5 Å². The van der Waals surface area contributed by atoms with Crippen molar-refractivity contribution in [2.75, 3.05) is 24.1 Å². The summed E-state index contributed by atoms with van der Waals surface area (Å²) >= 11 is 0. The summed E-state index contributed by atoms with van der Waals surface area (Å²) < 4.78 is 0. The van der Waals surface area contributed by atoms with Gasteiger partial charge in [0.1, 0.15) is 5.78 Å². The molecule has 2 aromatic heterocycles. The van der Waals surface area contributed by atoms with Gasteiger partial charge in [0, 0.05) is 43.0 Å². The number of hydrogen-bond acceptors (Lipinski definition) is 11. The van der Waals surface area contributed by atoms with Gasteiger partial charge in [-0.15, -0.1) is 0 Å². The Morgan fingerprint density at radius 1 is 0.956 bits per heavy atom. The third kappa shape index (κ3) is 11.4. The summed E-state index contributed by atoms with van der Waals surface area (Å²) in [5, 5.41) is 8.68. The van der Waals surface area contributed by atoms with Gasteiger partial charge in [0.05, 0.1) is 24.5 Å². The van der Waals surface area contributed by atoms with E-state index in [9.17, 15) is 24.0 Å². The van der Waals surface area contributed by atoms with Crippen LogP contribution in [0, 0.1) is 5.92 Å². The number of ketones is 2. The maximum absolute atomic E-state index is 12.5. The average molecular weight is 622 g/mol. The molecule has 0 saturated carbocycles. The van der Waals surface area contributed by atoms with Crippen molar-refractivity contribution < 1.29 is 19.2 Å². The number of aromatic amines is 1. The molecule has 0 bridgehead atoms. The minimum atomic E-state index is -0.589. The molecule has 0 aliphatic carbocycles. The Bertz CT molecular complexity index is 1520. The molecule has 14 nitrogen and oxygen atoms in total. The largest absolute Gasteiger partial charge is 0.379 e. The second kappa shape index (κ2) is 17.5. The highest BCUT2D eigenvalue weighted by Gasteiger charge is 2.21. The molecular formula is C31H43N9O5. The van der Waals surface area contributed by atoms with Crippen molar-refractivity contribution in [2.45, 2.75) is 77.8 Å². The third-order valence-electron chi connectivity index (χ3n) is 7.23. The normalized spacial score (nSPS) is 12.3. The van der Waals surface area contributed by atoms with Crippen molar-refractivity contribution in [2.24, 2.45) is 11.7 Å². The van der Waals surface area contributed by atoms with Crippen LogP contribution in [0.2, 0.25) is 0 Å². The van der Waals surface area contributed by atoms with Gasteiger partial charge in [-0.25, -0.2) is 9.97 Å². The average Bonchev–Trinajstić information content (AvgIpc) is 3.02. The predicted molar refractivity (Wildman–Crippen MR) is 171 cm³/mol. The van der Waals surface area contributed by atoms with E-state index in [4.69, 9.17) is 11.5 Å². The summed E-state index contributed by atoms with van der Waals surface area (Å²) in [6, 6.07) is 6.23. The number of aromatic nitrogens is 4. The summed E-state index contributed by atoms with van der Waals surface area (Å²) in [6.07, 6.45) is 6.29. The molecule has 0 spiro atoms. The van der Waals surface area contributed by atoms with E-state index in [1.807, 2.05) is 0 Å². The van der Waals surface area contributed by atoms with E-state index in [-0.39, 0.29) is 53.3 Å². The fourth-order valence-corrected chi connectivity index (χ4v) is 4.56. The van der Waals surface area contributed by atoms with Gasteiger partial charge in [0.15, 0.2) is 16.9 Å². The molecule has 2 heterocycles. The van der Waals surface area contributed by atoms with Crippen molar-refractivity contribution in [3.05, 3.63) is 52.1 Å². The number of hydrogen-bond donors (Lipinski definition) is 6. The summed E-state index contributed by atoms with van der Waals surface area (Å²) in [5.74, 6) is -1.27. The van der Waals surface area contributed by atoms with Gasteiger partial charge in [-0.1, -0.05) is 19.8 Å². The smallest absolute Gasteiger partial charge is 0.280 e. The highest BCUT2D eigenvalue weighted by Crippen LogP contribution is 2.12. The van der Waals surface area contributed by atoms with Crippen LogP contribution in [0.15, 0.2) is 35.3 Å². The summed E-state index contributed by atoms with van der Waals surface area (Å²) in [5.41, 5.74) is 12.5. The van der Waals surface area contributed by atoms with Crippen LogP contribution in [0.5, 0.6) is 0 Å². The quantitative estimate of drug-likeness (QED) is 0.106. The summed E-state index contributed by atoms with van der Waals surface area (Å²) in [6.45, 7) is 4.58. The Morgan fingerprint density at radius 3 is 2.42 bits per heavy atom. The molecule has 0 aliphatic heterocycles. The zero-order valence-corrected chi connectivity index (χ0v) is 25.9. The van der Waals surface area contributed by atoms with Crippen LogP contribution in [0.3, 0.4) is 0 Å². The number of anilines is 2. The van der Waals surface area contributed by atoms with Crippen LogP contribution < -0.4 is 33.0 Å². The lowest BCUT2D eigenvalue weighted by Gasteiger charge is -2.16. The highest BCUT2D eigenvalue weighted by atomic mass is 16.2. The lowest BCUT2D eigenvalue weighted by molar-refractivity contribution is -0.131. The maximum atomic E-state index is 12.5. The van der Waals surface area contributed by atoms with E-state index in [1.165, 1.54) is 6.20 Å². The molecule has 45 heavy (non-hydrogen) atoms. The predicted octanol–water partition coefficient (Wildman–Crippen LogP) is 2.00. The number of benzene rings is 1. The first-order valence-corrected chi connectivity index (χ1v) is 15.3. The van der Waals surface area contributed by atoms with Gasteiger partial charge in [-0.05, 0) is 57.0 Å². The van der Waals surface area contributed by atoms with Crippen molar-refractivity contribution in [3.8, 4) is 0 Å². The van der Waals surface area contributed by atoms with Crippen molar-refractivity contribution in [1.29, 1.82) is 0 Å². The lowest BCUT2D eigenvalue weighted by atomic mass is 10.00. The SMILES string of the molecule is C[C@H](CC(=O)CCCNC(=O)c1ccc(NCc2cnc3nc(N)[nH]c(=O)c3n2)cc1)C(=O)N[C@@H](C)C(=O)CCCCCCN. The maximum Gasteiger partial charge on any atom is 0.280 e. The molecule has 0 radical (unpaired) electrons. The molecular weight excluding hydrogens is 578 g/mol. The van der Waals surface area contributed by atoms with E-state index >= 15 is 0 Å². The van der Waals surface area contributed by atoms with Crippen LogP contribution in [-0.4, -0.2) is 62.4 Å². The van der Waals surface area contributed by atoms with E-state index in [0.717, 1.165) is 31.4 Å². The molecule has 2 amide bonds. The Morgan fingerprint density at radius 2 is 1.69 bits per heavy atom. The number of amides is 2. The molecule has 0 saturated heterocycles. The van der Waals surface area contributed by atoms with Gasteiger partial charge >= 0.3 is 0 Å². The highest BCUT2D eigenvalue weighted by molar-refractivity contribution is 5.94. The minimum absolute atomic E-state index is 0.0180. The number of H-pyrrole nitrogens is 1. The molecule has 2 atom stereocenters. The number of nitrogens with two attached hydrogens (primary N) is 2. The van der Waals surface area contributed by atoms with Crippen molar-refractivity contribution in [3.63, 3.8) is 0 Å². The molecule has 0 unspecified atom stereocenters. The number of nitrogen functional groups attached to an aromatic ring is 1. The van der Waals surface area contributed by atoms with Crippen LogP contribution in [0.25, 0.3) is 11.2 Å². The zero-order chi connectivity index (χ0) is 32.8. The Kier molecular flexibility index (Phi) is 13.6. The fraction of sp³-hybridized carbons (Fsp3) is 0.484. The first-order chi connectivity index (χ1) is 21.6. The first-order valence-electron chi connectivity index (χ1n) is 15.3. The Hall–Kier alpha value is -4.72. The molecule has 0 fully saturated rings. The van der Waals surface area contributed by atoms with Crippen LogP contribution in [-0.2, 0) is 20.9 Å². The number of Topliss-reactive ketones (excluding diaryl/α,β-unsaturated/α-hetero) is 2. The lowest BCUT2D eigenvalue weighted by Crippen LogP contribution is -2.41. The molecule has 242 valence electrons. The Balaban J connectivity index is 1.33. The summed E-state index contributed by atoms with van der Waals surface area (Å²) in [7, 11) is 0. The minimum Gasteiger partial charge on any atom is -0.379 e. The molecule has 3 aromatic rings. The van der Waals surface area contributed by atoms with Crippen molar-refractivity contribution >= 4 is 46.2 Å². The van der Waals surface area contributed by atoms with Gasteiger partial charge < -0.3 is 27.4 Å².